The summed E-state index contributed by atoms with van der Waals surface area (Å²) in [7, 11) is 1.86. The Labute approximate surface area is 204 Å². The number of benzene rings is 2. The van der Waals surface area contributed by atoms with E-state index in [0.29, 0.717) is 12.0 Å². The summed E-state index contributed by atoms with van der Waals surface area (Å²) in [5.74, 6) is -2.68. The minimum Gasteiger partial charge on any atom is -0.493 e. The zero-order chi connectivity index (χ0) is 25.4. The average molecular weight is 473 g/mol. The Morgan fingerprint density at radius 3 is 2.34 bits per heavy atom. The predicted octanol–water partition coefficient (Wildman–Crippen LogP) is 4.24. The molecule has 0 aliphatic carbocycles. The van der Waals surface area contributed by atoms with E-state index in [4.69, 9.17) is 15.6 Å². The number of Topliss-reactive ketones (excluding diaryl/α,β-unsaturated/α-hetero) is 1. The molecule has 0 unspecified atom stereocenters. The molecule has 0 fully saturated rings. The number of primary amides is 1. The van der Waals surface area contributed by atoms with Gasteiger partial charge in [-0.15, -0.1) is 0 Å². The number of hydrogen-bond acceptors (Lipinski definition) is 4. The van der Waals surface area contributed by atoms with E-state index in [9.17, 15) is 14.4 Å². The monoisotopic (exact) mass is 472 g/mol. The first-order chi connectivity index (χ1) is 16.8. The van der Waals surface area contributed by atoms with E-state index in [1.165, 1.54) is 6.07 Å². The third-order valence-electron chi connectivity index (χ3n) is 5.63. The summed E-state index contributed by atoms with van der Waals surface area (Å²) in [4.78, 5) is 35.5. The van der Waals surface area contributed by atoms with Crippen LogP contribution in [0.1, 0.15) is 33.6 Å². The predicted molar refractivity (Wildman–Crippen MR) is 134 cm³/mol. The number of ether oxygens (including phenoxy) is 1. The Morgan fingerprint density at radius 2 is 1.66 bits per heavy atom. The molecule has 7 nitrogen and oxygen atoms in total. The third kappa shape index (κ3) is 6.57. The van der Waals surface area contributed by atoms with Crippen LogP contribution >= 0.6 is 0 Å². The second-order valence-corrected chi connectivity index (χ2v) is 8.04. The minimum absolute atomic E-state index is 0.0839. The van der Waals surface area contributed by atoms with Gasteiger partial charge >= 0.3 is 5.97 Å². The Hall–Kier alpha value is -4.39. The molecule has 3 rings (SSSR count). The number of carboxylic acid groups (broad SMARTS) is 1. The summed E-state index contributed by atoms with van der Waals surface area (Å²) in [6.07, 6.45) is 2.09. The average Bonchev–Trinajstić information content (AvgIpc) is 2.89. The molecule has 7 heteroatoms. The van der Waals surface area contributed by atoms with E-state index < -0.39 is 17.7 Å². The number of carbonyl (C=O) groups excluding carboxylic acids is 2. The number of carbonyl (C=O) groups is 3. The molecule has 1 heterocycles. The molecular formula is C28H28N2O5. The van der Waals surface area contributed by atoms with Crippen molar-refractivity contribution < 1.29 is 24.2 Å². The normalized spacial score (nSPS) is 10.3. The molecule has 0 saturated carbocycles. The fraction of sp³-hybridized carbons (Fsp3) is 0.179. The summed E-state index contributed by atoms with van der Waals surface area (Å²) in [5, 5.41) is 8.90. The van der Waals surface area contributed by atoms with Crippen LogP contribution in [0.15, 0.2) is 79.0 Å². The summed E-state index contributed by atoms with van der Waals surface area (Å²) in [6, 6.07) is 22.8. The Balaban J connectivity index is 2.18. The molecule has 3 N–H and O–H groups in total. The van der Waals surface area contributed by atoms with Crippen molar-refractivity contribution >= 4 is 17.7 Å². The van der Waals surface area contributed by atoms with E-state index in [1.807, 2.05) is 72.4 Å². The first kappa shape index (κ1) is 25.2. The van der Waals surface area contributed by atoms with Gasteiger partial charge in [0.2, 0.25) is 5.78 Å². The molecule has 180 valence electrons. The zero-order valence-corrected chi connectivity index (χ0v) is 19.7. The van der Waals surface area contributed by atoms with Crippen molar-refractivity contribution in [2.24, 2.45) is 12.8 Å². The molecule has 3 aromatic rings. The van der Waals surface area contributed by atoms with Gasteiger partial charge in [0.25, 0.3) is 5.91 Å². The van der Waals surface area contributed by atoms with Crippen LogP contribution in [0.25, 0.3) is 11.1 Å². The van der Waals surface area contributed by atoms with Gasteiger partial charge in [-0.3, -0.25) is 14.4 Å². The molecule has 0 atom stereocenters. The van der Waals surface area contributed by atoms with Gasteiger partial charge in [0.05, 0.1) is 13.0 Å². The molecule has 0 aliphatic heterocycles. The topological polar surface area (TPSA) is 112 Å². The molecule has 0 bridgehead atoms. The lowest BCUT2D eigenvalue weighted by atomic mass is 9.94. The van der Waals surface area contributed by atoms with Crippen molar-refractivity contribution in [3.63, 3.8) is 0 Å². The first-order valence-electron chi connectivity index (χ1n) is 11.1. The van der Waals surface area contributed by atoms with E-state index in [2.05, 4.69) is 0 Å². The zero-order valence-electron chi connectivity index (χ0n) is 19.7. The number of nitrogens with zero attached hydrogens (tertiary/aromatic N) is 1. The van der Waals surface area contributed by atoms with Crippen LogP contribution in [0.3, 0.4) is 0 Å². The van der Waals surface area contributed by atoms with Gasteiger partial charge in [-0.05, 0) is 47.4 Å². The standard InChI is InChI=1S/C28H28N2O5/c1-19-24(27(33)28(29)34)18-22(35-16-14-26(31)32)12-8-15-30(2)25(19)17-21-11-6-7-13-23(21)20-9-4-3-5-10-20/h3-13,15,18H,14,16-17H2,1-2H3,(H2,29,34)(H,31,32). The minimum atomic E-state index is -1.08. The van der Waals surface area contributed by atoms with Crippen LogP contribution in [-0.4, -0.2) is 33.9 Å². The van der Waals surface area contributed by atoms with Crippen LogP contribution in [0.4, 0.5) is 0 Å². The second kappa shape index (κ2) is 11.7. The highest BCUT2D eigenvalue weighted by Gasteiger charge is 2.18. The van der Waals surface area contributed by atoms with Gasteiger partial charge in [-0.2, -0.15) is 0 Å². The molecule has 0 radical (unpaired) electrons. The van der Waals surface area contributed by atoms with Crippen LogP contribution in [0.2, 0.25) is 0 Å². The second-order valence-electron chi connectivity index (χ2n) is 8.04. The number of hydrogen-bond donors (Lipinski definition) is 2. The number of ketones is 1. The lowest BCUT2D eigenvalue weighted by molar-refractivity contribution is -0.137. The highest BCUT2D eigenvalue weighted by atomic mass is 16.5. The molecular weight excluding hydrogens is 444 g/mol. The van der Waals surface area contributed by atoms with Gasteiger partial charge in [0.15, 0.2) is 0 Å². The fourth-order valence-corrected chi connectivity index (χ4v) is 3.80. The summed E-state index contributed by atoms with van der Waals surface area (Å²) < 4.78 is 7.45. The number of aliphatic carboxylic acids is 1. The van der Waals surface area contributed by atoms with Gasteiger partial charge in [0.1, 0.15) is 5.75 Å². The van der Waals surface area contributed by atoms with Crippen LogP contribution < -0.4 is 10.5 Å². The molecule has 2 aromatic carbocycles. The molecule has 1 aromatic heterocycles. The van der Waals surface area contributed by atoms with Gasteiger partial charge in [-0.25, -0.2) is 0 Å². The Kier molecular flexibility index (Phi) is 8.40. The van der Waals surface area contributed by atoms with Crippen molar-refractivity contribution in [2.45, 2.75) is 19.8 Å². The fourth-order valence-electron chi connectivity index (χ4n) is 3.80. The van der Waals surface area contributed by atoms with Crippen LogP contribution in [0, 0.1) is 6.92 Å². The highest BCUT2D eigenvalue weighted by molar-refractivity contribution is 6.42. The van der Waals surface area contributed by atoms with Gasteiger partial charge in [-0.1, -0.05) is 54.6 Å². The number of carboxylic acids is 1. The van der Waals surface area contributed by atoms with Crippen molar-refractivity contribution in [1.29, 1.82) is 0 Å². The van der Waals surface area contributed by atoms with E-state index >= 15 is 0 Å². The lowest BCUT2D eigenvalue weighted by Gasteiger charge is -2.15. The molecule has 0 spiro atoms. The Bertz CT molecular complexity index is 1290. The highest BCUT2D eigenvalue weighted by Crippen LogP contribution is 2.27. The maximum absolute atomic E-state index is 12.8. The summed E-state index contributed by atoms with van der Waals surface area (Å²) >= 11 is 0. The van der Waals surface area contributed by atoms with E-state index in [1.54, 1.807) is 19.1 Å². The molecule has 35 heavy (non-hydrogen) atoms. The number of amides is 1. The van der Waals surface area contributed by atoms with Crippen molar-refractivity contribution in [2.75, 3.05) is 6.61 Å². The number of aromatic nitrogens is 1. The van der Waals surface area contributed by atoms with Gasteiger partial charge in [0, 0.05) is 30.9 Å². The lowest BCUT2D eigenvalue weighted by Crippen LogP contribution is -2.24. The quantitative estimate of drug-likeness (QED) is 0.357. The van der Waals surface area contributed by atoms with Crippen molar-refractivity contribution in [1.82, 2.24) is 4.57 Å². The molecule has 0 saturated heterocycles. The van der Waals surface area contributed by atoms with Gasteiger partial charge < -0.3 is 20.1 Å². The summed E-state index contributed by atoms with van der Waals surface area (Å²) in [6.45, 7) is 1.68. The third-order valence-corrected chi connectivity index (χ3v) is 5.63. The van der Waals surface area contributed by atoms with Crippen molar-refractivity contribution in [3.8, 4) is 16.9 Å². The number of rotatable bonds is 9. The SMILES string of the molecule is Cc1c(C(=O)C(N)=O)cc(OCCC(=O)O)cccn(C)c1Cc1ccccc1-c1ccccc1. The smallest absolute Gasteiger partial charge is 0.306 e. The number of aryl methyl sites for hydroxylation is 1. The van der Waals surface area contributed by atoms with Crippen molar-refractivity contribution in [3.05, 3.63) is 101 Å². The van der Waals surface area contributed by atoms with Crippen LogP contribution in [0.5, 0.6) is 5.75 Å². The Morgan fingerprint density at radius 1 is 0.971 bits per heavy atom. The first-order valence-corrected chi connectivity index (χ1v) is 11.1. The van der Waals surface area contributed by atoms with E-state index in [0.717, 1.165) is 22.4 Å². The number of nitrogens with two attached hydrogens (primary N) is 1. The molecule has 1 amide bonds. The maximum Gasteiger partial charge on any atom is 0.306 e. The largest absolute Gasteiger partial charge is 0.493 e. The summed E-state index contributed by atoms with van der Waals surface area (Å²) in [5.41, 5.74) is 10.0. The maximum atomic E-state index is 12.8. The van der Waals surface area contributed by atoms with Crippen LogP contribution in [-0.2, 0) is 23.1 Å². The van der Waals surface area contributed by atoms with E-state index in [-0.39, 0.29) is 24.3 Å². The molecule has 0 aliphatic rings.